The smallest absolute Gasteiger partial charge is 0.172 e. The van der Waals surface area contributed by atoms with E-state index in [0.717, 1.165) is 6.33 Å². The fourth-order valence-corrected chi connectivity index (χ4v) is 2.72. The maximum Gasteiger partial charge on any atom is 0.172 e. The standard InChI is InChI=1S/C12H16N6O6/c13-9(16-22)4-1-18(11-6(4)10(17-23)14-3-15-11)12-8(21)7(20)5(2-19)24-12/h1,3,5,7-8,12,19-23H,2H2,(H2,13,16)(H,14,15,17)/t5-,7+,8+,12+/m0/s1. The van der Waals surface area contributed by atoms with Gasteiger partial charge in [-0.1, -0.05) is 5.16 Å². The van der Waals surface area contributed by atoms with Gasteiger partial charge in [-0.05, 0) is 0 Å². The minimum atomic E-state index is -1.35. The van der Waals surface area contributed by atoms with Crippen molar-refractivity contribution in [3.05, 3.63) is 18.1 Å². The first-order chi connectivity index (χ1) is 11.5. The first-order valence-electron chi connectivity index (χ1n) is 6.89. The molecule has 1 aliphatic heterocycles. The zero-order valence-corrected chi connectivity index (χ0v) is 12.2. The number of anilines is 1. The molecule has 3 rings (SSSR count). The van der Waals surface area contributed by atoms with Crippen molar-refractivity contribution in [3.63, 3.8) is 0 Å². The number of hydrogen-bond donors (Lipinski definition) is 7. The Morgan fingerprint density at radius 3 is 2.71 bits per heavy atom. The summed E-state index contributed by atoms with van der Waals surface area (Å²) in [6.07, 6.45) is -2.20. The Labute approximate surface area is 134 Å². The van der Waals surface area contributed by atoms with Gasteiger partial charge < -0.3 is 35.6 Å². The van der Waals surface area contributed by atoms with Crippen molar-refractivity contribution in [2.45, 2.75) is 24.5 Å². The number of nitrogens with one attached hydrogen (secondary N) is 1. The monoisotopic (exact) mass is 340 g/mol. The van der Waals surface area contributed by atoms with Crippen molar-refractivity contribution in [1.29, 1.82) is 0 Å². The number of nitrogens with two attached hydrogens (primary N) is 1. The quantitative estimate of drug-likeness (QED) is 0.141. The van der Waals surface area contributed by atoms with Crippen LogP contribution >= 0.6 is 0 Å². The first-order valence-corrected chi connectivity index (χ1v) is 6.89. The van der Waals surface area contributed by atoms with Crippen LogP contribution in [0, 0.1) is 0 Å². The average molecular weight is 340 g/mol. The van der Waals surface area contributed by atoms with Crippen molar-refractivity contribution in [1.82, 2.24) is 14.5 Å². The molecule has 12 heteroatoms. The van der Waals surface area contributed by atoms with E-state index in [2.05, 4.69) is 15.1 Å². The van der Waals surface area contributed by atoms with Crippen LogP contribution < -0.4 is 11.2 Å². The van der Waals surface area contributed by atoms with E-state index in [1.807, 2.05) is 5.48 Å². The van der Waals surface area contributed by atoms with Crippen molar-refractivity contribution in [2.24, 2.45) is 10.9 Å². The summed E-state index contributed by atoms with van der Waals surface area (Å²) in [5.74, 6) is -0.288. The SMILES string of the molecule is N/C(=N/O)c1cn([C@@H]2O[C@@H](CO)[C@@H](O)[C@H]2O)c2ncnc(NO)c12. The van der Waals surface area contributed by atoms with Gasteiger partial charge in [0.1, 0.15) is 30.3 Å². The first kappa shape index (κ1) is 16.4. The molecule has 0 radical (unpaired) electrons. The van der Waals surface area contributed by atoms with E-state index in [9.17, 15) is 20.5 Å². The Balaban J connectivity index is 2.20. The Kier molecular flexibility index (Phi) is 4.21. The summed E-state index contributed by atoms with van der Waals surface area (Å²) in [5.41, 5.74) is 7.89. The molecule has 4 atom stereocenters. The predicted molar refractivity (Wildman–Crippen MR) is 78.5 cm³/mol. The zero-order chi connectivity index (χ0) is 17.4. The number of aliphatic hydroxyl groups excluding tert-OH is 3. The zero-order valence-electron chi connectivity index (χ0n) is 12.2. The molecular formula is C12H16N6O6. The molecule has 0 amide bonds. The fourth-order valence-electron chi connectivity index (χ4n) is 2.72. The normalized spacial score (nSPS) is 27.8. The summed E-state index contributed by atoms with van der Waals surface area (Å²) in [5, 5.41) is 50.6. The molecular weight excluding hydrogens is 324 g/mol. The summed E-state index contributed by atoms with van der Waals surface area (Å²) in [4.78, 5) is 7.89. The van der Waals surface area contributed by atoms with Crippen LogP contribution in [0.4, 0.5) is 5.82 Å². The minimum Gasteiger partial charge on any atom is -0.409 e. The highest BCUT2D eigenvalue weighted by atomic mass is 16.6. The molecule has 1 saturated heterocycles. The van der Waals surface area contributed by atoms with Gasteiger partial charge in [0.15, 0.2) is 17.9 Å². The van der Waals surface area contributed by atoms with E-state index < -0.39 is 31.1 Å². The largest absolute Gasteiger partial charge is 0.409 e. The summed E-state index contributed by atoms with van der Waals surface area (Å²) >= 11 is 0. The van der Waals surface area contributed by atoms with Crippen LogP contribution in [-0.2, 0) is 4.74 Å². The number of oxime groups is 1. The van der Waals surface area contributed by atoms with Gasteiger partial charge in [0.05, 0.1) is 17.6 Å². The molecule has 12 nitrogen and oxygen atoms in total. The lowest BCUT2D eigenvalue weighted by Gasteiger charge is -2.17. The molecule has 0 bridgehead atoms. The number of amidine groups is 1. The third-order valence-corrected chi connectivity index (χ3v) is 3.89. The molecule has 1 aliphatic rings. The third kappa shape index (κ3) is 2.33. The van der Waals surface area contributed by atoms with Gasteiger partial charge in [-0.2, -0.15) is 0 Å². The Morgan fingerprint density at radius 1 is 1.38 bits per heavy atom. The number of fused-ring (bicyclic) bond motifs is 1. The maximum absolute atomic E-state index is 10.2. The molecule has 2 aromatic heterocycles. The van der Waals surface area contributed by atoms with Gasteiger partial charge in [0, 0.05) is 6.20 Å². The third-order valence-electron chi connectivity index (χ3n) is 3.89. The number of aliphatic hydroxyl groups is 3. The number of rotatable bonds is 4. The second-order valence-corrected chi connectivity index (χ2v) is 5.20. The maximum atomic E-state index is 10.2. The van der Waals surface area contributed by atoms with Crippen molar-refractivity contribution in [3.8, 4) is 0 Å². The summed E-state index contributed by atoms with van der Waals surface area (Å²) in [7, 11) is 0. The lowest BCUT2D eigenvalue weighted by molar-refractivity contribution is -0.0508. The molecule has 0 saturated carbocycles. The topological polar surface area (TPSA) is 192 Å². The molecule has 8 N–H and O–H groups in total. The van der Waals surface area contributed by atoms with Crippen molar-refractivity contribution in [2.75, 3.05) is 12.1 Å². The molecule has 0 aliphatic carbocycles. The van der Waals surface area contributed by atoms with E-state index in [1.54, 1.807) is 0 Å². The average Bonchev–Trinajstić information content (AvgIpc) is 3.12. The molecule has 0 aromatic carbocycles. The Bertz CT molecular complexity index is 779. The number of nitrogens with zero attached hydrogens (tertiary/aromatic N) is 4. The van der Waals surface area contributed by atoms with Crippen LogP contribution in [0.1, 0.15) is 11.8 Å². The highest BCUT2D eigenvalue weighted by Gasteiger charge is 2.44. The number of aromatic nitrogens is 3. The second kappa shape index (κ2) is 6.18. The van der Waals surface area contributed by atoms with Crippen LogP contribution in [0.2, 0.25) is 0 Å². The van der Waals surface area contributed by atoms with E-state index in [4.69, 9.17) is 15.7 Å². The highest BCUT2D eigenvalue weighted by Crippen LogP contribution is 2.34. The van der Waals surface area contributed by atoms with Crippen LogP contribution in [0.15, 0.2) is 17.7 Å². The molecule has 3 heterocycles. The van der Waals surface area contributed by atoms with Gasteiger partial charge in [0.25, 0.3) is 0 Å². The lowest BCUT2D eigenvalue weighted by Crippen LogP contribution is -2.33. The molecule has 0 unspecified atom stereocenters. The number of hydrogen-bond acceptors (Lipinski definition) is 10. The fraction of sp³-hybridized carbons (Fsp3) is 0.417. The van der Waals surface area contributed by atoms with Crippen LogP contribution in [0.25, 0.3) is 11.0 Å². The Morgan fingerprint density at radius 2 is 2.12 bits per heavy atom. The summed E-state index contributed by atoms with van der Waals surface area (Å²) in [6.45, 7) is -0.487. The van der Waals surface area contributed by atoms with E-state index >= 15 is 0 Å². The van der Waals surface area contributed by atoms with Gasteiger partial charge in [0.2, 0.25) is 0 Å². The van der Waals surface area contributed by atoms with Gasteiger partial charge in [-0.15, -0.1) is 0 Å². The van der Waals surface area contributed by atoms with Crippen molar-refractivity contribution < 1.29 is 30.5 Å². The molecule has 24 heavy (non-hydrogen) atoms. The van der Waals surface area contributed by atoms with Crippen LogP contribution in [0.5, 0.6) is 0 Å². The molecule has 1 fully saturated rings. The van der Waals surface area contributed by atoms with Crippen LogP contribution in [0.3, 0.4) is 0 Å². The van der Waals surface area contributed by atoms with E-state index in [0.29, 0.717) is 0 Å². The summed E-state index contributed by atoms with van der Waals surface area (Å²) in [6, 6.07) is 0. The summed E-state index contributed by atoms with van der Waals surface area (Å²) < 4.78 is 6.80. The van der Waals surface area contributed by atoms with Gasteiger partial charge in [-0.25, -0.2) is 9.97 Å². The highest BCUT2D eigenvalue weighted by molar-refractivity contribution is 6.11. The van der Waals surface area contributed by atoms with Gasteiger partial charge >= 0.3 is 0 Å². The van der Waals surface area contributed by atoms with Crippen molar-refractivity contribution >= 4 is 22.7 Å². The second-order valence-electron chi connectivity index (χ2n) is 5.20. The Hall–Kier alpha value is -2.51. The number of ether oxygens (including phenoxy) is 1. The predicted octanol–water partition coefficient (Wildman–Crippen LogP) is -2.06. The lowest BCUT2D eigenvalue weighted by atomic mass is 10.1. The van der Waals surface area contributed by atoms with E-state index in [-0.39, 0.29) is 28.3 Å². The van der Waals surface area contributed by atoms with Gasteiger partial charge in [-0.3, -0.25) is 10.7 Å². The molecule has 2 aromatic rings. The molecule has 0 spiro atoms. The van der Waals surface area contributed by atoms with E-state index in [1.165, 1.54) is 10.8 Å². The molecule has 130 valence electrons. The van der Waals surface area contributed by atoms with Crippen LogP contribution in [-0.4, -0.2) is 71.0 Å². The minimum absolute atomic E-state index is 0.00732.